The monoisotopic (exact) mass is 485 g/mol. The largest absolute Gasteiger partial charge is 0.508 e. The van der Waals surface area contributed by atoms with Crippen molar-refractivity contribution in [2.24, 2.45) is 0 Å². The van der Waals surface area contributed by atoms with Gasteiger partial charge in [0.15, 0.2) is 0 Å². The first kappa shape index (κ1) is 23.9. The van der Waals surface area contributed by atoms with Crippen LogP contribution in [0.15, 0.2) is 59.5 Å². The number of aromatic hydroxyl groups is 1. The van der Waals surface area contributed by atoms with E-state index in [1.165, 1.54) is 37.3 Å². The molecular weight excluding hydrogens is 466 g/mol. The van der Waals surface area contributed by atoms with Crippen LogP contribution in [0.2, 0.25) is 0 Å². The molecule has 0 aliphatic carbocycles. The van der Waals surface area contributed by atoms with Gasteiger partial charge >= 0.3 is 0 Å². The first-order chi connectivity index (χ1) is 16.6. The van der Waals surface area contributed by atoms with E-state index in [4.69, 9.17) is 0 Å². The van der Waals surface area contributed by atoms with Crippen molar-refractivity contribution < 1.29 is 27.5 Å². The third kappa shape index (κ3) is 5.01. The van der Waals surface area contributed by atoms with Crippen molar-refractivity contribution in [1.82, 2.24) is 15.3 Å². The molecule has 0 aliphatic heterocycles. The number of amides is 1. The van der Waals surface area contributed by atoms with Crippen molar-refractivity contribution >= 4 is 16.8 Å². The van der Waals surface area contributed by atoms with E-state index >= 15 is 4.39 Å². The molecule has 35 heavy (non-hydrogen) atoms. The number of benzene rings is 2. The first-order valence-corrected chi connectivity index (χ1v) is 10.5. The Labute approximate surface area is 196 Å². The molecule has 180 valence electrons. The summed E-state index contributed by atoms with van der Waals surface area (Å²) in [7, 11) is 0. The van der Waals surface area contributed by atoms with Gasteiger partial charge in [-0.1, -0.05) is 12.1 Å². The van der Waals surface area contributed by atoms with Gasteiger partial charge < -0.3 is 15.4 Å². The fraction of sp³-hybridized carbons (Fsp3) is 0.160. The van der Waals surface area contributed by atoms with Crippen LogP contribution in [-0.4, -0.2) is 21.0 Å². The molecule has 0 saturated carbocycles. The minimum absolute atomic E-state index is 0.0357. The van der Waals surface area contributed by atoms with Crippen LogP contribution < -0.4 is 10.9 Å². The lowest BCUT2D eigenvalue weighted by atomic mass is 9.90. The number of phenols is 1. The number of carbonyl (C=O) groups excluding carboxylic acids is 1. The zero-order valence-corrected chi connectivity index (χ0v) is 18.3. The molecule has 2 aromatic heterocycles. The summed E-state index contributed by atoms with van der Waals surface area (Å²) in [6.45, 7) is 1.40. The highest BCUT2D eigenvalue weighted by Gasteiger charge is 2.30. The van der Waals surface area contributed by atoms with Crippen LogP contribution >= 0.6 is 0 Å². The van der Waals surface area contributed by atoms with Crippen LogP contribution in [0.4, 0.5) is 17.6 Å². The Morgan fingerprint density at radius 3 is 2.46 bits per heavy atom. The Kier molecular flexibility index (Phi) is 6.54. The number of fused-ring (bicyclic) bond motifs is 1. The highest BCUT2D eigenvalue weighted by molar-refractivity contribution is 5.87. The first-order valence-electron chi connectivity index (χ1n) is 10.5. The van der Waals surface area contributed by atoms with E-state index in [1.54, 1.807) is 0 Å². The average molecular weight is 485 g/mol. The van der Waals surface area contributed by atoms with E-state index in [0.717, 1.165) is 18.3 Å². The Morgan fingerprint density at radius 1 is 1.06 bits per heavy atom. The fourth-order valence-corrected chi connectivity index (χ4v) is 3.87. The fourth-order valence-electron chi connectivity index (χ4n) is 3.87. The molecule has 2 aromatic carbocycles. The zero-order valence-electron chi connectivity index (χ0n) is 18.3. The van der Waals surface area contributed by atoms with Gasteiger partial charge in [-0.15, -0.1) is 0 Å². The number of carbonyl (C=O) groups is 1. The molecule has 6 nitrogen and oxygen atoms in total. The Morgan fingerprint density at radius 2 is 1.77 bits per heavy atom. The molecule has 4 aromatic rings. The highest BCUT2D eigenvalue weighted by Crippen LogP contribution is 2.28. The van der Waals surface area contributed by atoms with Gasteiger partial charge in [0.1, 0.15) is 29.0 Å². The van der Waals surface area contributed by atoms with Gasteiger partial charge in [0.25, 0.3) is 5.56 Å². The molecule has 4 rings (SSSR count). The van der Waals surface area contributed by atoms with Crippen LogP contribution in [0.5, 0.6) is 5.75 Å². The second kappa shape index (κ2) is 9.57. The number of nitrogens with one attached hydrogen (secondary N) is 2. The molecule has 2 atom stereocenters. The van der Waals surface area contributed by atoms with Crippen LogP contribution in [0.3, 0.4) is 0 Å². The molecule has 1 amide bonds. The molecule has 0 saturated heterocycles. The molecule has 0 bridgehead atoms. The summed E-state index contributed by atoms with van der Waals surface area (Å²) < 4.78 is 56.7. The highest BCUT2D eigenvalue weighted by atomic mass is 19.1. The van der Waals surface area contributed by atoms with Gasteiger partial charge in [-0.2, -0.15) is 0 Å². The maximum absolute atomic E-state index is 15.5. The third-order valence-electron chi connectivity index (χ3n) is 5.59. The number of halogens is 4. The number of phenolic OH excluding ortho intramolecular Hbond substituents is 1. The van der Waals surface area contributed by atoms with Crippen LogP contribution in [0, 0.1) is 23.3 Å². The average Bonchev–Trinajstić information content (AvgIpc) is 2.80. The summed E-state index contributed by atoms with van der Waals surface area (Å²) in [5.41, 5.74) is -1.14. The van der Waals surface area contributed by atoms with E-state index < -0.39 is 52.3 Å². The van der Waals surface area contributed by atoms with Crippen molar-refractivity contribution in [3.05, 3.63) is 105 Å². The standard InChI is InChI=1S/C25H19F4N3O3/c1-12(23-19(28)10-15(27)11-30-23)31-24(34)18(8-13-2-5-16(33)6-3-13)21-22(29)17-9-14(26)4-7-20(17)32-25(21)35/h2-7,9-12,18,33H,8H2,1H3,(H,31,34)(H,32,35)/t12-,18-/m0/s1. The van der Waals surface area contributed by atoms with E-state index in [0.29, 0.717) is 11.6 Å². The van der Waals surface area contributed by atoms with Crippen LogP contribution in [-0.2, 0) is 11.2 Å². The number of hydrogen-bond donors (Lipinski definition) is 3. The molecule has 3 N–H and O–H groups in total. The van der Waals surface area contributed by atoms with Crippen molar-refractivity contribution in [1.29, 1.82) is 0 Å². The summed E-state index contributed by atoms with van der Waals surface area (Å²) in [6, 6.07) is 8.44. The Balaban J connectivity index is 1.77. The van der Waals surface area contributed by atoms with Crippen LogP contribution in [0.25, 0.3) is 10.9 Å². The zero-order chi connectivity index (χ0) is 25.3. The van der Waals surface area contributed by atoms with Gasteiger partial charge in [0, 0.05) is 11.5 Å². The normalized spacial score (nSPS) is 12.9. The SMILES string of the molecule is C[C@H](NC(=O)[C@@H](Cc1ccc(O)cc1)c1c(F)c2cc(F)ccc2[nH]c1=O)c1ncc(F)cc1F. The molecule has 0 aliphatic rings. The minimum atomic E-state index is -1.41. The maximum Gasteiger partial charge on any atom is 0.255 e. The molecule has 2 heterocycles. The molecule has 0 unspecified atom stereocenters. The number of rotatable bonds is 6. The lowest BCUT2D eigenvalue weighted by Crippen LogP contribution is -2.36. The third-order valence-corrected chi connectivity index (χ3v) is 5.59. The van der Waals surface area contributed by atoms with Gasteiger partial charge in [-0.05, 0) is 49.2 Å². The molecule has 10 heteroatoms. The van der Waals surface area contributed by atoms with Gasteiger partial charge in [0.05, 0.1) is 34.9 Å². The summed E-state index contributed by atoms with van der Waals surface area (Å²) in [5.74, 6) is -5.98. The van der Waals surface area contributed by atoms with E-state index in [1.807, 2.05) is 0 Å². The summed E-state index contributed by atoms with van der Waals surface area (Å²) in [5, 5.41) is 11.8. The predicted molar refractivity (Wildman–Crippen MR) is 120 cm³/mol. The summed E-state index contributed by atoms with van der Waals surface area (Å²) >= 11 is 0. The number of aromatic nitrogens is 2. The van der Waals surface area contributed by atoms with Gasteiger partial charge in [-0.25, -0.2) is 17.6 Å². The van der Waals surface area contributed by atoms with E-state index in [2.05, 4.69) is 15.3 Å². The number of aromatic amines is 1. The predicted octanol–water partition coefficient (Wildman–Crippen LogP) is 4.39. The Bertz CT molecular complexity index is 1470. The summed E-state index contributed by atoms with van der Waals surface area (Å²) in [4.78, 5) is 32.3. The number of H-pyrrole nitrogens is 1. The lowest BCUT2D eigenvalue weighted by molar-refractivity contribution is -0.123. The van der Waals surface area contributed by atoms with Crippen molar-refractivity contribution in [3.63, 3.8) is 0 Å². The second-order valence-electron chi connectivity index (χ2n) is 8.05. The van der Waals surface area contributed by atoms with Crippen molar-refractivity contribution in [2.45, 2.75) is 25.3 Å². The maximum atomic E-state index is 15.5. The van der Waals surface area contributed by atoms with Gasteiger partial charge in [-0.3, -0.25) is 14.6 Å². The number of hydrogen-bond acceptors (Lipinski definition) is 4. The van der Waals surface area contributed by atoms with Crippen molar-refractivity contribution in [3.8, 4) is 5.75 Å². The lowest BCUT2D eigenvalue weighted by Gasteiger charge is -2.21. The minimum Gasteiger partial charge on any atom is -0.508 e. The molecular formula is C25H19F4N3O3. The topological polar surface area (TPSA) is 95.1 Å². The smallest absolute Gasteiger partial charge is 0.255 e. The van der Waals surface area contributed by atoms with Crippen molar-refractivity contribution in [2.75, 3.05) is 0 Å². The van der Waals surface area contributed by atoms with Gasteiger partial charge in [0.2, 0.25) is 5.91 Å². The van der Waals surface area contributed by atoms with E-state index in [9.17, 15) is 27.9 Å². The molecule has 0 radical (unpaired) electrons. The molecule has 0 spiro atoms. The molecule has 0 fully saturated rings. The quantitative estimate of drug-likeness (QED) is 0.353. The summed E-state index contributed by atoms with van der Waals surface area (Å²) in [6.07, 6.45) is 0.621. The second-order valence-corrected chi connectivity index (χ2v) is 8.05. The number of pyridine rings is 2. The number of nitrogens with zero attached hydrogens (tertiary/aromatic N) is 1. The van der Waals surface area contributed by atoms with E-state index in [-0.39, 0.29) is 28.8 Å². The Hall–Kier alpha value is -4.21. The van der Waals surface area contributed by atoms with Crippen LogP contribution in [0.1, 0.15) is 35.7 Å².